The zero-order valence-electron chi connectivity index (χ0n) is 15.5. The Morgan fingerprint density at radius 3 is 2.30 bits per heavy atom. The summed E-state index contributed by atoms with van der Waals surface area (Å²) in [6, 6.07) is -0.435. The molecule has 0 aromatic rings. The zero-order valence-corrected chi connectivity index (χ0v) is 15.5. The van der Waals surface area contributed by atoms with Gasteiger partial charge in [-0.05, 0) is 19.8 Å². The zero-order chi connectivity index (χ0) is 17.2. The topological polar surface area (TPSA) is 46.6 Å². The van der Waals surface area contributed by atoms with Gasteiger partial charge >= 0.3 is 5.97 Å². The summed E-state index contributed by atoms with van der Waals surface area (Å²) in [5.74, 6) is -0.00603. The van der Waals surface area contributed by atoms with Crippen LogP contribution in [0.1, 0.15) is 91.9 Å². The van der Waals surface area contributed by atoms with Crippen LogP contribution >= 0.6 is 0 Å². The van der Waals surface area contributed by atoms with E-state index in [1.54, 1.807) is 11.8 Å². The number of nitrogens with zero attached hydrogens (tertiary/aromatic N) is 1. The van der Waals surface area contributed by atoms with E-state index in [4.69, 9.17) is 4.74 Å². The normalized spacial score (nSPS) is 22.3. The lowest BCUT2D eigenvalue weighted by Gasteiger charge is -2.29. The van der Waals surface area contributed by atoms with E-state index in [9.17, 15) is 9.59 Å². The van der Waals surface area contributed by atoms with Crippen LogP contribution in [0.25, 0.3) is 0 Å². The lowest BCUT2D eigenvalue weighted by molar-refractivity contribution is -0.147. The van der Waals surface area contributed by atoms with Gasteiger partial charge in [-0.1, -0.05) is 65.7 Å². The number of hydrogen-bond donors (Lipinski definition) is 0. The first-order valence-electron chi connectivity index (χ1n) is 9.54. The molecule has 0 aromatic heterocycles. The Hall–Kier alpha value is -1.06. The number of carbonyl (C=O) groups excluding carboxylic acids is 2. The van der Waals surface area contributed by atoms with Crippen LogP contribution < -0.4 is 0 Å². The van der Waals surface area contributed by atoms with Crippen LogP contribution in [0.2, 0.25) is 0 Å². The minimum atomic E-state index is -0.435. The van der Waals surface area contributed by atoms with Crippen molar-refractivity contribution in [2.45, 2.75) is 104 Å². The Bertz CT molecular complexity index is 370. The Morgan fingerprint density at radius 2 is 1.70 bits per heavy atom. The number of amides is 1. The van der Waals surface area contributed by atoms with Crippen LogP contribution in [0.5, 0.6) is 0 Å². The van der Waals surface area contributed by atoms with Gasteiger partial charge in [0, 0.05) is 12.3 Å². The van der Waals surface area contributed by atoms with Gasteiger partial charge in [0.2, 0.25) is 5.91 Å². The molecule has 1 rings (SSSR count). The van der Waals surface area contributed by atoms with Crippen molar-refractivity contribution < 1.29 is 14.3 Å². The molecule has 1 aliphatic heterocycles. The molecule has 3 atom stereocenters. The number of ether oxygens (including phenoxy) is 1. The summed E-state index contributed by atoms with van der Waals surface area (Å²) in [5.41, 5.74) is 0. The van der Waals surface area contributed by atoms with Gasteiger partial charge in [0.15, 0.2) is 6.23 Å². The summed E-state index contributed by atoms with van der Waals surface area (Å²) in [6.07, 6.45) is 10.9. The molecule has 0 aliphatic carbocycles. The Morgan fingerprint density at radius 1 is 1.09 bits per heavy atom. The number of carbonyl (C=O) groups is 2. The molecule has 0 spiro atoms. The van der Waals surface area contributed by atoms with Crippen molar-refractivity contribution in [3.05, 3.63) is 0 Å². The first kappa shape index (κ1) is 20.0. The van der Waals surface area contributed by atoms with Crippen molar-refractivity contribution >= 4 is 11.9 Å². The summed E-state index contributed by atoms with van der Waals surface area (Å²) in [6.45, 7) is 8.09. The Kier molecular flexibility index (Phi) is 9.27. The minimum absolute atomic E-state index is 0.0438. The molecular weight excluding hydrogens is 290 g/mol. The highest BCUT2D eigenvalue weighted by molar-refractivity contribution is 5.87. The van der Waals surface area contributed by atoms with Crippen molar-refractivity contribution in [3.8, 4) is 0 Å². The first-order valence-corrected chi connectivity index (χ1v) is 9.54. The maximum Gasteiger partial charge on any atom is 0.330 e. The molecule has 1 aliphatic rings. The van der Waals surface area contributed by atoms with E-state index in [2.05, 4.69) is 13.8 Å². The fourth-order valence-corrected chi connectivity index (χ4v) is 3.27. The first-order chi connectivity index (χ1) is 11.0. The molecule has 1 saturated heterocycles. The molecule has 0 radical (unpaired) electrons. The third kappa shape index (κ3) is 6.15. The molecule has 0 aromatic carbocycles. The standard InChI is InChI=1S/C19H35NO3/c1-5-7-8-9-10-11-12-14-15(3)18-20(17(21)13-6-2)16(4)19(22)23-18/h15-16,18H,5-14H2,1-4H3/t15?,16-,18?/m0/s1. The lowest BCUT2D eigenvalue weighted by atomic mass is 9.99. The second-order valence-corrected chi connectivity index (χ2v) is 6.94. The van der Waals surface area contributed by atoms with Gasteiger partial charge < -0.3 is 4.74 Å². The number of rotatable bonds is 11. The summed E-state index contributed by atoms with van der Waals surface area (Å²) in [5, 5.41) is 0. The van der Waals surface area contributed by atoms with Crippen LogP contribution in [0.15, 0.2) is 0 Å². The van der Waals surface area contributed by atoms with Crippen molar-refractivity contribution in [3.63, 3.8) is 0 Å². The third-order valence-electron chi connectivity index (χ3n) is 4.77. The lowest BCUT2D eigenvalue weighted by Crippen LogP contribution is -2.43. The number of hydrogen-bond acceptors (Lipinski definition) is 3. The van der Waals surface area contributed by atoms with Crippen LogP contribution in [0.4, 0.5) is 0 Å². The van der Waals surface area contributed by atoms with E-state index in [-0.39, 0.29) is 24.0 Å². The maximum absolute atomic E-state index is 12.3. The van der Waals surface area contributed by atoms with Gasteiger partial charge in [-0.25, -0.2) is 4.79 Å². The largest absolute Gasteiger partial charge is 0.440 e. The van der Waals surface area contributed by atoms with Crippen LogP contribution in [-0.2, 0) is 14.3 Å². The molecule has 4 heteroatoms. The molecule has 1 fully saturated rings. The van der Waals surface area contributed by atoms with Crippen LogP contribution in [0.3, 0.4) is 0 Å². The minimum Gasteiger partial charge on any atom is -0.440 e. The quantitative estimate of drug-likeness (QED) is 0.410. The van der Waals surface area contributed by atoms with E-state index >= 15 is 0 Å². The van der Waals surface area contributed by atoms with E-state index in [0.29, 0.717) is 6.42 Å². The van der Waals surface area contributed by atoms with Gasteiger partial charge in [0.1, 0.15) is 6.04 Å². The number of cyclic esters (lactones) is 1. The van der Waals surface area contributed by atoms with Crippen molar-refractivity contribution in [1.82, 2.24) is 4.90 Å². The highest BCUT2D eigenvalue weighted by Gasteiger charge is 2.43. The SMILES string of the molecule is CCCCCCCCCC(C)C1OC(=O)[C@H](C)N1C(=O)CCC. The van der Waals surface area contributed by atoms with Gasteiger partial charge in [-0.15, -0.1) is 0 Å². The van der Waals surface area contributed by atoms with E-state index in [0.717, 1.165) is 19.3 Å². The average molecular weight is 325 g/mol. The molecule has 23 heavy (non-hydrogen) atoms. The Labute approximate surface area is 141 Å². The molecule has 0 bridgehead atoms. The van der Waals surface area contributed by atoms with E-state index in [1.807, 2.05) is 6.92 Å². The molecule has 0 saturated carbocycles. The maximum atomic E-state index is 12.3. The summed E-state index contributed by atoms with van der Waals surface area (Å²) < 4.78 is 5.49. The molecule has 4 nitrogen and oxygen atoms in total. The highest BCUT2D eigenvalue weighted by atomic mass is 16.6. The number of unbranched alkanes of at least 4 members (excludes halogenated alkanes) is 6. The average Bonchev–Trinajstić information content (AvgIpc) is 2.82. The van der Waals surface area contributed by atoms with Gasteiger partial charge in [0.25, 0.3) is 0 Å². The smallest absolute Gasteiger partial charge is 0.330 e. The predicted octanol–water partition coefficient (Wildman–Crippen LogP) is 4.66. The van der Waals surface area contributed by atoms with Crippen molar-refractivity contribution in [2.75, 3.05) is 0 Å². The number of esters is 1. The second-order valence-electron chi connectivity index (χ2n) is 6.94. The van der Waals surface area contributed by atoms with Gasteiger partial charge in [0.05, 0.1) is 0 Å². The van der Waals surface area contributed by atoms with E-state index in [1.165, 1.54) is 38.5 Å². The summed E-state index contributed by atoms with van der Waals surface area (Å²) in [4.78, 5) is 25.8. The molecule has 134 valence electrons. The van der Waals surface area contributed by atoms with Gasteiger partial charge in [-0.3, -0.25) is 9.69 Å². The van der Waals surface area contributed by atoms with Crippen LogP contribution in [0, 0.1) is 5.92 Å². The fourth-order valence-electron chi connectivity index (χ4n) is 3.27. The molecule has 1 amide bonds. The molecule has 1 heterocycles. The summed E-state index contributed by atoms with van der Waals surface area (Å²) >= 11 is 0. The molecule has 2 unspecified atom stereocenters. The second kappa shape index (κ2) is 10.7. The molecule has 0 N–H and O–H groups in total. The summed E-state index contributed by atoms with van der Waals surface area (Å²) in [7, 11) is 0. The Balaban J connectivity index is 2.39. The van der Waals surface area contributed by atoms with Crippen molar-refractivity contribution in [1.29, 1.82) is 0 Å². The monoisotopic (exact) mass is 325 g/mol. The highest BCUT2D eigenvalue weighted by Crippen LogP contribution is 2.28. The van der Waals surface area contributed by atoms with Crippen LogP contribution in [-0.4, -0.2) is 29.0 Å². The molecular formula is C19H35NO3. The fraction of sp³-hybridized carbons (Fsp3) is 0.895. The van der Waals surface area contributed by atoms with Crippen molar-refractivity contribution in [2.24, 2.45) is 5.92 Å². The predicted molar refractivity (Wildman–Crippen MR) is 92.9 cm³/mol. The third-order valence-corrected chi connectivity index (χ3v) is 4.77. The van der Waals surface area contributed by atoms with E-state index < -0.39 is 6.04 Å². The van der Waals surface area contributed by atoms with Gasteiger partial charge in [-0.2, -0.15) is 0 Å².